The van der Waals surface area contributed by atoms with E-state index in [1.807, 2.05) is 0 Å². The molecule has 0 unspecified atom stereocenters. The van der Waals surface area contributed by atoms with Crippen LogP contribution in [-0.4, -0.2) is 28.1 Å². The van der Waals surface area contributed by atoms with E-state index in [1.54, 1.807) is 6.07 Å². The molecule has 22 heavy (non-hydrogen) atoms. The minimum absolute atomic E-state index is 0.257. The van der Waals surface area contributed by atoms with Gasteiger partial charge in [0.25, 0.3) is 0 Å². The van der Waals surface area contributed by atoms with E-state index >= 15 is 0 Å². The third-order valence-electron chi connectivity index (χ3n) is 4.38. The molecule has 0 saturated heterocycles. The Hall–Kier alpha value is -1.88. The molecule has 0 bridgehead atoms. The number of ketones is 3. The van der Waals surface area contributed by atoms with Crippen molar-refractivity contribution < 1.29 is 23.9 Å². The zero-order valence-electron chi connectivity index (χ0n) is 12.8. The third-order valence-corrected chi connectivity index (χ3v) is 4.38. The zero-order valence-corrected chi connectivity index (χ0v) is 12.8. The Kier molecular flexibility index (Phi) is 4.29. The first-order chi connectivity index (χ1) is 10.1. The molecular formula is C17H19FO4. The molecule has 1 fully saturated rings. The van der Waals surface area contributed by atoms with Gasteiger partial charge in [-0.3, -0.25) is 14.4 Å². The largest absolute Gasteiger partial charge is 0.389 e. The molecule has 0 radical (unpaired) electrons. The van der Waals surface area contributed by atoms with Gasteiger partial charge in [0, 0.05) is 12.3 Å². The van der Waals surface area contributed by atoms with Crippen molar-refractivity contribution in [3.05, 3.63) is 35.6 Å². The van der Waals surface area contributed by atoms with E-state index in [-0.39, 0.29) is 18.0 Å². The molecule has 4 nitrogen and oxygen atoms in total. The molecule has 0 spiro atoms. The van der Waals surface area contributed by atoms with Gasteiger partial charge in [0.1, 0.15) is 23.2 Å². The Bertz CT molecular complexity index is 635. The number of halogens is 1. The van der Waals surface area contributed by atoms with Crippen LogP contribution in [-0.2, 0) is 14.4 Å². The Morgan fingerprint density at radius 3 is 2.41 bits per heavy atom. The van der Waals surface area contributed by atoms with Crippen LogP contribution in [0.1, 0.15) is 38.7 Å². The summed E-state index contributed by atoms with van der Waals surface area (Å²) in [6, 6.07) is 5.50. The van der Waals surface area contributed by atoms with Crippen LogP contribution in [0.15, 0.2) is 24.3 Å². The van der Waals surface area contributed by atoms with Crippen LogP contribution >= 0.6 is 0 Å². The van der Waals surface area contributed by atoms with E-state index < -0.39 is 35.0 Å². The minimum Gasteiger partial charge on any atom is -0.389 e. The first kappa shape index (κ1) is 16.5. The number of carbonyl (C=O) groups is 3. The van der Waals surface area contributed by atoms with Crippen LogP contribution in [0.25, 0.3) is 0 Å². The van der Waals surface area contributed by atoms with Crippen molar-refractivity contribution >= 4 is 17.3 Å². The van der Waals surface area contributed by atoms with E-state index in [9.17, 15) is 23.9 Å². The quantitative estimate of drug-likeness (QED) is 0.868. The van der Waals surface area contributed by atoms with Crippen molar-refractivity contribution in [1.29, 1.82) is 0 Å². The van der Waals surface area contributed by atoms with Crippen molar-refractivity contribution in [3.8, 4) is 0 Å². The van der Waals surface area contributed by atoms with Crippen molar-refractivity contribution in [3.63, 3.8) is 0 Å². The van der Waals surface area contributed by atoms with Crippen LogP contribution in [0.5, 0.6) is 0 Å². The number of hydrogen-bond acceptors (Lipinski definition) is 4. The second kappa shape index (κ2) is 5.72. The highest BCUT2D eigenvalue weighted by Gasteiger charge is 2.53. The van der Waals surface area contributed by atoms with Crippen LogP contribution < -0.4 is 0 Å². The standard InChI is InChI=1S/C17H19FO4/c1-9(19)14-13(21)8-17(3,22)16(10(2)20)15(14)11-5-4-6-12(18)7-11/h4-7,14-16,22H,8H2,1-3H3/t14-,15+,16-,17+/m1/s1. The molecule has 1 aliphatic rings. The summed E-state index contributed by atoms with van der Waals surface area (Å²) in [5.41, 5.74) is -1.17. The Labute approximate surface area is 128 Å². The van der Waals surface area contributed by atoms with Gasteiger partial charge in [-0.05, 0) is 38.5 Å². The summed E-state index contributed by atoms with van der Waals surface area (Å²) in [6.45, 7) is 4.02. The van der Waals surface area contributed by atoms with Crippen molar-refractivity contribution in [2.75, 3.05) is 0 Å². The minimum atomic E-state index is -1.55. The molecule has 1 aromatic rings. The number of carbonyl (C=O) groups excluding carboxylic acids is 3. The molecule has 1 N–H and O–H groups in total. The molecule has 0 heterocycles. The monoisotopic (exact) mass is 306 g/mol. The summed E-state index contributed by atoms with van der Waals surface area (Å²) in [5, 5.41) is 10.5. The first-order valence-electron chi connectivity index (χ1n) is 7.16. The van der Waals surface area contributed by atoms with Gasteiger partial charge >= 0.3 is 0 Å². The van der Waals surface area contributed by atoms with Gasteiger partial charge in [0.05, 0.1) is 17.4 Å². The number of Topliss-reactive ketones (excluding diaryl/α,β-unsaturated/α-hetero) is 3. The van der Waals surface area contributed by atoms with Gasteiger partial charge in [-0.15, -0.1) is 0 Å². The van der Waals surface area contributed by atoms with Crippen LogP contribution in [0.4, 0.5) is 4.39 Å². The normalized spacial score (nSPS) is 31.9. The SMILES string of the molecule is CC(=O)[C@@H]1C(=O)C[C@](C)(O)[C@H](C(C)=O)[C@H]1c1cccc(F)c1. The van der Waals surface area contributed by atoms with Gasteiger partial charge < -0.3 is 5.11 Å². The maximum absolute atomic E-state index is 13.6. The number of benzene rings is 1. The van der Waals surface area contributed by atoms with Gasteiger partial charge in [0.15, 0.2) is 0 Å². The second-order valence-electron chi connectivity index (χ2n) is 6.26. The summed E-state index contributed by atoms with van der Waals surface area (Å²) in [6.07, 6.45) is -0.257. The lowest BCUT2D eigenvalue weighted by Crippen LogP contribution is -2.53. The number of hydrogen-bond donors (Lipinski definition) is 1. The molecule has 0 aliphatic heterocycles. The van der Waals surface area contributed by atoms with E-state index in [4.69, 9.17) is 0 Å². The maximum atomic E-state index is 13.6. The van der Waals surface area contributed by atoms with Gasteiger partial charge in [-0.1, -0.05) is 12.1 Å². The molecule has 1 aliphatic carbocycles. The maximum Gasteiger partial charge on any atom is 0.146 e. The fourth-order valence-corrected chi connectivity index (χ4v) is 3.62. The summed E-state index contributed by atoms with van der Waals surface area (Å²) in [4.78, 5) is 36.3. The second-order valence-corrected chi connectivity index (χ2v) is 6.26. The summed E-state index contributed by atoms with van der Waals surface area (Å²) < 4.78 is 13.6. The molecule has 5 heteroatoms. The van der Waals surface area contributed by atoms with Crippen LogP contribution in [0, 0.1) is 17.7 Å². The van der Waals surface area contributed by atoms with Crippen molar-refractivity contribution in [2.45, 2.75) is 38.7 Å². The lowest BCUT2D eigenvalue weighted by molar-refractivity contribution is -0.151. The van der Waals surface area contributed by atoms with Gasteiger partial charge in [-0.2, -0.15) is 0 Å². The van der Waals surface area contributed by atoms with Gasteiger partial charge in [0.2, 0.25) is 0 Å². The predicted molar refractivity (Wildman–Crippen MR) is 77.7 cm³/mol. The van der Waals surface area contributed by atoms with E-state index in [0.29, 0.717) is 5.56 Å². The topological polar surface area (TPSA) is 71.4 Å². The summed E-state index contributed by atoms with van der Waals surface area (Å²) in [5.74, 6) is -4.43. The van der Waals surface area contributed by atoms with E-state index in [0.717, 1.165) is 0 Å². The molecule has 0 aromatic heterocycles. The van der Waals surface area contributed by atoms with Crippen LogP contribution in [0.3, 0.4) is 0 Å². The highest BCUT2D eigenvalue weighted by atomic mass is 19.1. The van der Waals surface area contributed by atoms with Gasteiger partial charge in [-0.25, -0.2) is 4.39 Å². The third kappa shape index (κ3) is 2.86. The summed E-state index contributed by atoms with van der Waals surface area (Å²) >= 11 is 0. The lowest BCUT2D eigenvalue weighted by Gasteiger charge is -2.44. The highest BCUT2D eigenvalue weighted by Crippen LogP contribution is 2.46. The Morgan fingerprint density at radius 2 is 1.91 bits per heavy atom. The van der Waals surface area contributed by atoms with E-state index in [2.05, 4.69) is 0 Å². The van der Waals surface area contributed by atoms with Crippen molar-refractivity contribution in [2.24, 2.45) is 11.8 Å². The number of aliphatic hydroxyl groups is 1. The molecule has 1 aromatic carbocycles. The zero-order chi connectivity index (χ0) is 16.7. The molecule has 118 valence electrons. The fraction of sp³-hybridized carbons (Fsp3) is 0.471. The lowest BCUT2D eigenvalue weighted by atomic mass is 9.60. The Balaban J connectivity index is 2.64. The molecular weight excluding hydrogens is 287 g/mol. The molecule has 2 rings (SSSR count). The number of rotatable bonds is 3. The van der Waals surface area contributed by atoms with E-state index in [1.165, 1.54) is 39.0 Å². The Morgan fingerprint density at radius 1 is 1.27 bits per heavy atom. The molecule has 1 saturated carbocycles. The highest BCUT2D eigenvalue weighted by molar-refractivity contribution is 6.05. The molecule has 0 amide bonds. The smallest absolute Gasteiger partial charge is 0.146 e. The average Bonchev–Trinajstić information content (AvgIpc) is 2.35. The van der Waals surface area contributed by atoms with Crippen LogP contribution in [0.2, 0.25) is 0 Å². The average molecular weight is 306 g/mol. The first-order valence-corrected chi connectivity index (χ1v) is 7.16. The predicted octanol–water partition coefficient (Wildman–Crippen LogP) is 2.04. The van der Waals surface area contributed by atoms with Crippen molar-refractivity contribution in [1.82, 2.24) is 0 Å². The summed E-state index contributed by atoms with van der Waals surface area (Å²) in [7, 11) is 0. The molecule has 4 atom stereocenters. The fourth-order valence-electron chi connectivity index (χ4n) is 3.62.